The van der Waals surface area contributed by atoms with Crippen molar-refractivity contribution in [3.63, 3.8) is 0 Å². The number of carbonyl (C=O) groups is 2. The number of carbonyl (C=O) groups excluding carboxylic acids is 2. The molecule has 0 unspecified atom stereocenters. The second-order valence-electron chi connectivity index (χ2n) is 9.58. The second-order valence-corrected chi connectivity index (χ2v) is 9.58. The maximum atomic E-state index is 13.3. The molecule has 3 rings (SSSR count). The van der Waals surface area contributed by atoms with Gasteiger partial charge in [-0.15, -0.1) is 0 Å². The third kappa shape index (κ3) is 5.58. The standard InChI is InChI=1S/C27H35N3O5/c1-7-34-22-12-18-14-30(26(28)19(18)9-17(22)13-24(32)29-6)15-21(31)16-10-20(27(3,4)5)25(33)23(11-16)35-8-2/h9-12,28,33H,7-8,13-15H2,1-6H3,(H,29,32). The summed E-state index contributed by atoms with van der Waals surface area (Å²) in [6.45, 7) is 10.8. The fourth-order valence-electron chi connectivity index (χ4n) is 4.17. The fraction of sp³-hybridized carbons (Fsp3) is 0.444. The van der Waals surface area contributed by atoms with E-state index >= 15 is 0 Å². The second kappa shape index (κ2) is 10.4. The third-order valence-electron chi connectivity index (χ3n) is 5.99. The van der Waals surface area contributed by atoms with E-state index in [4.69, 9.17) is 14.9 Å². The van der Waals surface area contributed by atoms with Crippen LogP contribution in [0.15, 0.2) is 24.3 Å². The lowest BCUT2D eigenvalue weighted by atomic mass is 9.84. The summed E-state index contributed by atoms with van der Waals surface area (Å²) in [5, 5.41) is 22.0. The molecule has 0 bridgehead atoms. The first-order valence-corrected chi connectivity index (χ1v) is 11.9. The van der Waals surface area contributed by atoms with E-state index in [9.17, 15) is 14.7 Å². The van der Waals surface area contributed by atoms with Gasteiger partial charge >= 0.3 is 0 Å². The number of aromatic hydroxyl groups is 1. The first kappa shape index (κ1) is 26.1. The molecule has 0 aromatic heterocycles. The van der Waals surface area contributed by atoms with Crippen LogP contribution in [0.2, 0.25) is 0 Å². The normalized spacial score (nSPS) is 13.0. The highest BCUT2D eigenvalue weighted by molar-refractivity contribution is 6.05. The summed E-state index contributed by atoms with van der Waals surface area (Å²) < 4.78 is 11.3. The molecule has 1 aliphatic rings. The van der Waals surface area contributed by atoms with Crippen LogP contribution in [-0.4, -0.2) is 54.3 Å². The maximum Gasteiger partial charge on any atom is 0.224 e. The summed E-state index contributed by atoms with van der Waals surface area (Å²) in [6.07, 6.45) is 0.147. The quantitative estimate of drug-likeness (QED) is 0.470. The fourth-order valence-corrected chi connectivity index (χ4v) is 4.17. The first-order valence-electron chi connectivity index (χ1n) is 11.9. The molecule has 3 N–H and O–H groups in total. The largest absolute Gasteiger partial charge is 0.504 e. The van der Waals surface area contributed by atoms with Gasteiger partial charge < -0.3 is 24.8 Å². The number of likely N-dealkylation sites (N-methyl/N-ethyl adjacent to an activating group) is 1. The summed E-state index contributed by atoms with van der Waals surface area (Å²) >= 11 is 0. The Morgan fingerprint density at radius 3 is 2.34 bits per heavy atom. The van der Waals surface area contributed by atoms with Gasteiger partial charge in [0.1, 0.15) is 11.6 Å². The highest BCUT2D eigenvalue weighted by Crippen LogP contribution is 2.39. The molecular weight excluding hydrogens is 446 g/mol. The van der Waals surface area contributed by atoms with E-state index in [1.165, 1.54) is 0 Å². The van der Waals surface area contributed by atoms with Crippen molar-refractivity contribution < 1.29 is 24.2 Å². The van der Waals surface area contributed by atoms with Gasteiger partial charge in [-0.05, 0) is 49.1 Å². The molecule has 0 saturated carbocycles. The molecule has 0 radical (unpaired) electrons. The van der Waals surface area contributed by atoms with Crippen molar-refractivity contribution in [2.75, 3.05) is 26.8 Å². The molecule has 0 fully saturated rings. The van der Waals surface area contributed by atoms with Crippen LogP contribution in [0.25, 0.3) is 0 Å². The van der Waals surface area contributed by atoms with Crippen LogP contribution in [-0.2, 0) is 23.2 Å². The highest BCUT2D eigenvalue weighted by atomic mass is 16.5. The minimum atomic E-state index is -0.389. The molecule has 0 atom stereocenters. The number of phenols is 1. The number of ether oxygens (including phenoxy) is 2. The van der Waals surface area contributed by atoms with E-state index in [2.05, 4.69) is 5.32 Å². The summed E-state index contributed by atoms with van der Waals surface area (Å²) in [5.41, 5.74) is 2.94. The van der Waals surface area contributed by atoms with E-state index in [1.807, 2.05) is 46.8 Å². The lowest BCUT2D eigenvalue weighted by Crippen LogP contribution is -2.30. The van der Waals surface area contributed by atoms with Gasteiger partial charge in [0.25, 0.3) is 0 Å². The van der Waals surface area contributed by atoms with Crippen LogP contribution < -0.4 is 14.8 Å². The van der Waals surface area contributed by atoms with Crippen molar-refractivity contribution in [3.8, 4) is 17.2 Å². The number of benzene rings is 2. The summed E-state index contributed by atoms with van der Waals surface area (Å²) in [4.78, 5) is 27.0. The van der Waals surface area contributed by atoms with Crippen LogP contribution >= 0.6 is 0 Å². The molecule has 1 aliphatic heterocycles. The molecule has 1 heterocycles. The summed E-state index contributed by atoms with van der Waals surface area (Å²) in [7, 11) is 1.58. The van der Waals surface area contributed by atoms with Crippen molar-refractivity contribution in [2.24, 2.45) is 0 Å². The molecule has 188 valence electrons. The van der Waals surface area contributed by atoms with Crippen LogP contribution in [0.4, 0.5) is 0 Å². The molecular formula is C27H35N3O5. The molecule has 35 heavy (non-hydrogen) atoms. The lowest BCUT2D eigenvalue weighted by molar-refractivity contribution is -0.119. The molecule has 0 saturated heterocycles. The number of nitrogens with zero attached hydrogens (tertiary/aromatic N) is 1. The van der Waals surface area contributed by atoms with Gasteiger partial charge in [-0.1, -0.05) is 20.8 Å². The van der Waals surface area contributed by atoms with E-state index in [0.29, 0.717) is 47.8 Å². The summed E-state index contributed by atoms with van der Waals surface area (Å²) in [5.74, 6) is 0.853. The number of amidine groups is 1. The average molecular weight is 482 g/mol. The van der Waals surface area contributed by atoms with Gasteiger partial charge in [0, 0.05) is 35.8 Å². The van der Waals surface area contributed by atoms with Gasteiger partial charge in [0.2, 0.25) is 5.91 Å². The predicted molar refractivity (Wildman–Crippen MR) is 135 cm³/mol. The minimum Gasteiger partial charge on any atom is -0.504 e. The average Bonchev–Trinajstić information content (AvgIpc) is 3.08. The van der Waals surface area contributed by atoms with E-state index in [1.54, 1.807) is 24.1 Å². The first-order chi connectivity index (χ1) is 16.5. The molecule has 2 aromatic carbocycles. The number of hydrogen-bond donors (Lipinski definition) is 3. The Kier molecular flexibility index (Phi) is 7.73. The topological polar surface area (TPSA) is 112 Å². The lowest BCUT2D eigenvalue weighted by Gasteiger charge is -2.23. The van der Waals surface area contributed by atoms with Crippen LogP contribution in [0, 0.1) is 5.41 Å². The third-order valence-corrected chi connectivity index (χ3v) is 5.99. The van der Waals surface area contributed by atoms with Crippen LogP contribution in [0.1, 0.15) is 67.2 Å². The molecule has 2 aromatic rings. The van der Waals surface area contributed by atoms with Crippen LogP contribution in [0.5, 0.6) is 17.2 Å². The van der Waals surface area contributed by atoms with E-state index < -0.39 is 0 Å². The summed E-state index contributed by atoms with van der Waals surface area (Å²) in [6, 6.07) is 6.95. The zero-order valence-corrected chi connectivity index (χ0v) is 21.4. The number of phenolic OH excluding ortho intramolecular Hbond substituents is 1. The van der Waals surface area contributed by atoms with Gasteiger partial charge in [-0.25, -0.2) is 0 Å². The van der Waals surface area contributed by atoms with Crippen molar-refractivity contribution >= 4 is 17.5 Å². The van der Waals surface area contributed by atoms with Crippen LogP contribution in [0.3, 0.4) is 0 Å². The minimum absolute atomic E-state index is 0.00217. The zero-order chi connectivity index (χ0) is 25.9. The Morgan fingerprint density at radius 2 is 1.74 bits per heavy atom. The Labute approximate surface area is 206 Å². The van der Waals surface area contributed by atoms with Gasteiger partial charge in [-0.2, -0.15) is 0 Å². The van der Waals surface area contributed by atoms with Crippen molar-refractivity contribution in [2.45, 2.75) is 53.0 Å². The van der Waals surface area contributed by atoms with Crippen molar-refractivity contribution in [1.29, 1.82) is 5.41 Å². The molecule has 8 nitrogen and oxygen atoms in total. The molecule has 0 aliphatic carbocycles. The molecule has 8 heteroatoms. The van der Waals surface area contributed by atoms with Gasteiger partial charge in [-0.3, -0.25) is 15.0 Å². The number of amides is 1. The SMILES string of the molecule is CCOc1cc2c(cc1CC(=O)NC)C(=N)N(CC(=O)c1cc(OCC)c(O)c(C(C)(C)C)c1)C2. The number of fused-ring (bicyclic) bond motifs is 1. The Morgan fingerprint density at radius 1 is 1.09 bits per heavy atom. The van der Waals surface area contributed by atoms with E-state index in [-0.39, 0.29) is 47.4 Å². The Balaban J connectivity index is 1.89. The monoisotopic (exact) mass is 481 g/mol. The Hall–Kier alpha value is -3.55. The number of hydrogen-bond acceptors (Lipinski definition) is 6. The number of Topliss-reactive ketones (excluding diaryl/α,β-unsaturated/α-hetero) is 1. The van der Waals surface area contributed by atoms with Gasteiger partial charge in [0.05, 0.1) is 26.2 Å². The molecule has 1 amide bonds. The smallest absolute Gasteiger partial charge is 0.224 e. The van der Waals surface area contributed by atoms with Crippen molar-refractivity contribution in [1.82, 2.24) is 10.2 Å². The van der Waals surface area contributed by atoms with Gasteiger partial charge in [0.15, 0.2) is 17.3 Å². The number of ketones is 1. The maximum absolute atomic E-state index is 13.3. The zero-order valence-electron chi connectivity index (χ0n) is 21.4. The Bertz CT molecular complexity index is 1150. The predicted octanol–water partition coefficient (Wildman–Crippen LogP) is 3.80. The van der Waals surface area contributed by atoms with E-state index in [0.717, 1.165) is 5.56 Å². The molecule has 0 spiro atoms. The number of nitrogens with one attached hydrogen (secondary N) is 2. The number of rotatable bonds is 9. The van der Waals surface area contributed by atoms with Crippen molar-refractivity contribution in [3.05, 3.63) is 52.1 Å². The highest BCUT2D eigenvalue weighted by Gasteiger charge is 2.30.